The number of halogens is 3. The molecule has 0 radical (unpaired) electrons. The molecule has 0 spiro atoms. The number of nitrogens with two attached hydrogens (primary N) is 1. The normalized spacial score (nSPS) is 13.3. The van der Waals surface area contributed by atoms with Gasteiger partial charge in [0.1, 0.15) is 18.3 Å². The number of rotatable bonds is 7. The number of benzene rings is 2. The van der Waals surface area contributed by atoms with E-state index in [0.717, 1.165) is 10.0 Å². The number of hydrogen-bond donors (Lipinski definition) is 2. The van der Waals surface area contributed by atoms with Crippen molar-refractivity contribution in [2.75, 3.05) is 11.6 Å². The van der Waals surface area contributed by atoms with Crippen molar-refractivity contribution in [2.45, 2.75) is 17.3 Å². The van der Waals surface area contributed by atoms with Crippen LogP contribution in [0.5, 0.6) is 0 Å². The van der Waals surface area contributed by atoms with Gasteiger partial charge in [-0.25, -0.2) is 14.3 Å². The summed E-state index contributed by atoms with van der Waals surface area (Å²) in [5.41, 5.74) is -0.0752. The van der Waals surface area contributed by atoms with Crippen LogP contribution in [0.25, 0.3) is 11.4 Å². The van der Waals surface area contributed by atoms with Crippen LogP contribution in [0.2, 0.25) is 10.0 Å². The Kier molecular flexibility index (Phi) is 6.54. The average molecular weight is 541 g/mol. The predicted octanol–water partition coefficient (Wildman–Crippen LogP) is 4.00. The second kappa shape index (κ2) is 9.17. The minimum Gasteiger partial charge on any atom is -0.382 e. The van der Waals surface area contributed by atoms with E-state index in [2.05, 4.69) is 36.2 Å². The van der Waals surface area contributed by atoms with Gasteiger partial charge < -0.3 is 10.9 Å². The Balaban J connectivity index is 1.62. The molecule has 3 N–H and O–H groups in total. The minimum atomic E-state index is -1.40. The number of nitrogens with zero attached hydrogens (tertiary/aromatic N) is 6. The summed E-state index contributed by atoms with van der Waals surface area (Å²) in [5.74, 6) is 6.93. The fourth-order valence-electron chi connectivity index (χ4n) is 3.04. The van der Waals surface area contributed by atoms with E-state index in [1.807, 2.05) is 24.3 Å². The van der Waals surface area contributed by atoms with Crippen LogP contribution in [0.3, 0.4) is 0 Å². The average Bonchev–Trinajstić information content (AvgIpc) is 3.36. The third-order valence-corrected chi connectivity index (χ3v) is 6.71. The van der Waals surface area contributed by atoms with E-state index in [4.69, 9.17) is 29.0 Å². The van der Waals surface area contributed by atoms with Gasteiger partial charge >= 0.3 is 0 Å². The summed E-state index contributed by atoms with van der Waals surface area (Å²) in [5, 5.41) is 25.4. The second-order valence-electron chi connectivity index (χ2n) is 6.72. The molecule has 0 aliphatic heterocycles. The van der Waals surface area contributed by atoms with E-state index in [9.17, 15) is 5.11 Å². The van der Waals surface area contributed by atoms with Crippen molar-refractivity contribution in [3.63, 3.8) is 0 Å². The highest BCUT2D eigenvalue weighted by Crippen LogP contribution is 2.36. The maximum absolute atomic E-state index is 11.6. The topological polar surface area (TPSA) is 108 Å². The van der Waals surface area contributed by atoms with Crippen LogP contribution in [0.4, 0.5) is 0 Å². The molecule has 8 nitrogen and oxygen atoms in total. The SMILES string of the molecule is Nn1c(SCC(O)(Cn2cncn2)c2ccc(Cl)cc2Cl)nnc1-c1cccc(Br)c1. The van der Waals surface area contributed by atoms with Crippen molar-refractivity contribution in [1.29, 1.82) is 0 Å². The Morgan fingerprint density at radius 1 is 1.16 bits per heavy atom. The minimum absolute atomic E-state index is 0.124. The first-order valence-electron chi connectivity index (χ1n) is 8.95. The van der Waals surface area contributed by atoms with Gasteiger partial charge in [-0.05, 0) is 24.3 Å². The first kappa shape index (κ1) is 22.1. The molecule has 0 fully saturated rings. The van der Waals surface area contributed by atoms with Crippen LogP contribution in [0.1, 0.15) is 5.56 Å². The first-order valence-corrected chi connectivity index (χ1v) is 11.5. The molecule has 1 atom stereocenters. The van der Waals surface area contributed by atoms with E-state index in [-0.39, 0.29) is 12.3 Å². The smallest absolute Gasteiger partial charge is 0.210 e. The molecule has 4 rings (SSSR count). The fourth-order valence-corrected chi connectivity index (χ4v) is 4.96. The van der Waals surface area contributed by atoms with Gasteiger partial charge in [-0.3, -0.25) is 0 Å². The highest BCUT2D eigenvalue weighted by Gasteiger charge is 2.34. The lowest BCUT2D eigenvalue weighted by Gasteiger charge is -2.29. The van der Waals surface area contributed by atoms with Gasteiger partial charge in [0.15, 0.2) is 5.82 Å². The number of nitrogen functional groups attached to an aromatic ring is 1. The molecule has 160 valence electrons. The lowest BCUT2D eigenvalue weighted by atomic mass is 9.95. The largest absolute Gasteiger partial charge is 0.382 e. The van der Waals surface area contributed by atoms with Gasteiger partial charge in [-0.1, -0.05) is 69.1 Å². The Labute approximate surface area is 200 Å². The van der Waals surface area contributed by atoms with E-state index in [1.54, 1.807) is 18.2 Å². The quantitative estimate of drug-likeness (QED) is 0.269. The summed E-state index contributed by atoms with van der Waals surface area (Å²) in [6, 6.07) is 12.6. The van der Waals surface area contributed by atoms with Crippen LogP contribution < -0.4 is 5.84 Å². The molecule has 12 heteroatoms. The van der Waals surface area contributed by atoms with Gasteiger partial charge in [0, 0.05) is 31.4 Å². The highest BCUT2D eigenvalue weighted by molar-refractivity contribution is 9.10. The standard InChI is InChI=1S/C19H16BrCl2N7OS/c20-13-3-1-2-12(6-13)17-26-27-18(29(17)23)31-9-19(30,8-28-11-24-10-25-28)15-5-4-14(21)7-16(15)22/h1-7,10-11,30H,8-9,23H2. The molecule has 0 bridgehead atoms. The summed E-state index contributed by atoms with van der Waals surface area (Å²) in [6.07, 6.45) is 2.92. The number of aromatic nitrogens is 6. The summed E-state index contributed by atoms with van der Waals surface area (Å²) in [7, 11) is 0. The van der Waals surface area contributed by atoms with E-state index >= 15 is 0 Å². The van der Waals surface area contributed by atoms with Crippen molar-refractivity contribution in [2.24, 2.45) is 0 Å². The predicted molar refractivity (Wildman–Crippen MR) is 124 cm³/mol. The molecular weight excluding hydrogens is 525 g/mol. The van der Waals surface area contributed by atoms with E-state index in [0.29, 0.717) is 26.6 Å². The van der Waals surface area contributed by atoms with Crippen LogP contribution >= 0.6 is 50.9 Å². The maximum Gasteiger partial charge on any atom is 0.210 e. The van der Waals surface area contributed by atoms with Gasteiger partial charge in [0.05, 0.1) is 6.54 Å². The fraction of sp³-hybridized carbons (Fsp3) is 0.158. The Bertz CT molecular complexity index is 1200. The zero-order valence-electron chi connectivity index (χ0n) is 15.9. The Morgan fingerprint density at radius 3 is 2.71 bits per heavy atom. The van der Waals surface area contributed by atoms with Crippen molar-refractivity contribution in [1.82, 2.24) is 29.6 Å². The Morgan fingerprint density at radius 2 is 2.00 bits per heavy atom. The molecule has 31 heavy (non-hydrogen) atoms. The van der Waals surface area contributed by atoms with Gasteiger partial charge in [0.2, 0.25) is 5.16 Å². The molecule has 2 heterocycles. The molecule has 2 aromatic heterocycles. The molecule has 0 aliphatic carbocycles. The van der Waals surface area contributed by atoms with E-state index < -0.39 is 5.60 Å². The molecule has 0 saturated heterocycles. The third-order valence-electron chi connectivity index (χ3n) is 4.51. The third kappa shape index (κ3) is 4.88. The maximum atomic E-state index is 11.6. The molecule has 0 amide bonds. The molecular formula is C19H16BrCl2N7OS. The number of hydrogen-bond acceptors (Lipinski definition) is 7. The first-order chi connectivity index (χ1) is 14.9. The zero-order valence-corrected chi connectivity index (χ0v) is 19.8. The van der Waals surface area contributed by atoms with Crippen molar-refractivity contribution < 1.29 is 5.11 Å². The molecule has 2 aromatic carbocycles. The molecule has 0 saturated carbocycles. The van der Waals surface area contributed by atoms with Gasteiger partial charge in [-0.15, -0.1) is 10.2 Å². The number of thioether (sulfide) groups is 1. The van der Waals surface area contributed by atoms with Gasteiger partial charge in [-0.2, -0.15) is 5.10 Å². The zero-order chi connectivity index (χ0) is 22.0. The lowest BCUT2D eigenvalue weighted by Crippen LogP contribution is -2.35. The molecule has 0 aliphatic rings. The van der Waals surface area contributed by atoms with Crippen molar-refractivity contribution >= 4 is 50.9 Å². The summed E-state index contributed by atoms with van der Waals surface area (Å²) in [6.45, 7) is 0.124. The van der Waals surface area contributed by atoms with E-state index in [1.165, 1.54) is 33.8 Å². The Hall–Kier alpha value is -2.11. The molecule has 1 unspecified atom stereocenters. The molecule has 4 aromatic rings. The summed E-state index contributed by atoms with van der Waals surface area (Å²) >= 11 is 17.1. The number of aliphatic hydroxyl groups is 1. The highest BCUT2D eigenvalue weighted by atomic mass is 79.9. The van der Waals surface area contributed by atoms with Crippen LogP contribution in [-0.2, 0) is 12.1 Å². The summed E-state index contributed by atoms with van der Waals surface area (Å²) in [4.78, 5) is 3.94. The van der Waals surface area contributed by atoms with Gasteiger partial charge in [0.25, 0.3) is 0 Å². The summed E-state index contributed by atoms with van der Waals surface area (Å²) < 4.78 is 3.83. The van der Waals surface area contributed by atoms with Crippen LogP contribution in [0.15, 0.2) is 64.7 Å². The lowest BCUT2D eigenvalue weighted by molar-refractivity contribution is 0.0397. The van der Waals surface area contributed by atoms with Crippen LogP contribution in [-0.4, -0.2) is 40.5 Å². The van der Waals surface area contributed by atoms with Crippen LogP contribution in [0, 0.1) is 0 Å². The second-order valence-corrected chi connectivity index (χ2v) is 9.43. The van der Waals surface area contributed by atoms with Crippen molar-refractivity contribution in [3.8, 4) is 11.4 Å². The monoisotopic (exact) mass is 539 g/mol. The van der Waals surface area contributed by atoms with Crippen molar-refractivity contribution in [3.05, 3.63) is 75.2 Å².